The van der Waals surface area contributed by atoms with E-state index in [4.69, 9.17) is 5.73 Å². The van der Waals surface area contributed by atoms with E-state index in [2.05, 4.69) is 53.8 Å². The number of rotatable bonds is 10. The SMILES string of the molecule is NCC(O)CNC(CCc1ccccc1)CCc1ccccc1. The predicted molar refractivity (Wildman–Crippen MR) is 96.4 cm³/mol. The van der Waals surface area contributed by atoms with Gasteiger partial charge in [0.05, 0.1) is 6.10 Å². The van der Waals surface area contributed by atoms with Crippen LogP contribution in [0.5, 0.6) is 0 Å². The molecule has 0 aliphatic carbocycles. The standard InChI is InChI=1S/C20H28N2O/c21-15-20(23)16-22-19(13-11-17-7-3-1-4-8-17)14-12-18-9-5-2-6-10-18/h1-10,19-20,22-23H,11-16,21H2. The van der Waals surface area contributed by atoms with Crippen LogP contribution < -0.4 is 11.1 Å². The average molecular weight is 312 g/mol. The largest absolute Gasteiger partial charge is 0.390 e. The third-order valence-corrected chi connectivity index (χ3v) is 4.16. The summed E-state index contributed by atoms with van der Waals surface area (Å²) in [7, 11) is 0. The predicted octanol–water partition coefficient (Wildman–Crippen LogP) is 2.53. The maximum Gasteiger partial charge on any atom is 0.0786 e. The molecule has 4 N–H and O–H groups in total. The summed E-state index contributed by atoms with van der Waals surface area (Å²) in [4.78, 5) is 0. The first kappa shape index (κ1) is 17.7. The summed E-state index contributed by atoms with van der Waals surface area (Å²) >= 11 is 0. The van der Waals surface area contributed by atoms with Gasteiger partial charge in [0.2, 0.25) is 0 Å². The van der Waals surface area contributed by atoms with Gasteiger partial charge in [-0.25, -0.2) is 0 Å². The molecule has 0 radical (unpaired) electrons. The van der Waals surface area contributed by atoms with E-state index in [0.717, 1.165) is 25.7 Å². The molecule has 3 heteroatoms. The van der Waals surface area contributed by atoms with Gasteiger partial charge in [-0.1, -0.05) is 60.7 Å². The van der Waals surface area contributed by atoms with E-state index in [1.54, 1.807) is 0 Å². The summed E-state index contributed by atoms with van der Waals surface area (Å²) in [6, 6.07) is 21.5. The van der Waals surface area contributed by atoms with E-state index in [9.17, 15) is 5.11 Å². The van der Waals surface area contributed by atoms with Crippen molar-refractivity contribution in [2.45, 2.75) is 37.8 Å². The lowest BCUT2D eigenvalue weighted by molar-refractivity contribution is 0.173. The molecule has 2 rings (SSSR count). The third-order valence-electron chi connectivity index (χ3n) is 4.16. The van der Waals surface area contributed by atoms with Crippen molar-refractivity contribution in [2.75, 3.05) is 13.1 Å². The first-order valence-electron chi connectivity index (χ1n) is 8.47. The number of hydrogen-bond donors (Lipinski definition) is 3. The highest BCUT2D eigenvalue weighted by molar-refractivity contribution is 5.16. The van der Waals surface area contributed by atoms with Crippen molar-refractivity contribution in [3.63, 3.8) is 0 Å². The fourth-order valence-electron chi connectivity index (χ4n) is 2.71. The second-order valence-corrected chi connectivity index (χ2v) is 6.04. The van der Waals surface area contributed by atoms with Gasteiger partial charge in [0.25, 0.3) is 0 Å². The van der Waals surface area contributed by atoms with Crippen LogP contribution in [-0.2, 0) is 12.8 Å². The summed E-state index contributed by atoms with van der Waals surface area (Å²) < 4.78 is 0. The lowest BCUT2D eigenvalue weighted by atomic mass is 9.99. The Labute approximate surface area is 139 Å². The van der Waals surface area contributed by atoms with Crippen LogP contribution in [0.4, 0.5) is 0 Å². The summed E-state index contributed by atoms with van der Waals surface area (Å²) in [5, 5.41) is 13.2. The Morgan fingerprint density at radius 1 is 0.826 bits per heavy atom. The lowest BCUT2D eigenvalue weighted by Gasteiger charge is -2.20. The van der Waals surface area contributed by atoms with Gasteiger partial charge in [-0.3, -0.25) is 0 Å². The van der Waals surface area contributed by atoms with Crippen LogP contribution in [0.2, 0.25) is 0 Å². The van der Waals surface area contributed by atoms with Crippen molar-refractivity contribution in [3.8, 4) is 0 Å². The first-order chi connectivity index (χ1) is 11.3. The second-order valence-electron chi connectivity index (χ2n) is 6.04. The zero-order valence-electron chi connectivity index (χ0n) is 13.7. The highest BCUT2D eigenvalue weighted by Crippen LogP contribution is 2.11. The fraction of sp³-hybridized carbons (Fsp3) is 0.400. The quantitative estimate of drug-likeness (QED) is 0.632. The normalized spacial score (nSPS) is 12.5. The van der Waals surface area contributed by atoms with Crippen molar-refractivity contribution in [1.82, 2.24) is 5.32 Å². The minimum atomic E-state index is -0.467. The lowest BCUT2D eigenvalue weighted by Crippen LogP contribution is -2.39. The summed E-state index contributed by atoms with van der Waals surface area (Å²) in [5.41, 5.74) is 8.22. The molecular formula is C20H28N2O. The van der Waals surface area contributed by atoms with E-state index >= 15 is 0 Å². The Balaban J connectivity index is 1.85. The molecule has 0 bridgehead atoms. The molecule has 0 saturated carbocycles. The monoisotopic (exact) mass is 312 g/mol. The van der Waals surface area contributed by atoms with E-state index < -0.39 is 6.10 Å². The maximum absolute atomic E-state index is 9.69. The second kappa shape index (κ2) is 10.2. The fourth-order valence-corrected chi connectivity index (χ4v) is 2.71. The minimum absolute atomic E-state index is 0.303. The number of nitrogens with one attached hydrogen (secondary N) is 1. The van der Waals surface area contributed by atoms with Crippen molar-refractivity contribution in [3.05, 3.63) is 71.8 Å². The van der Waals surface area contributed by atoms with Gasteiger partial charge in [0.1, 0.15) is 0 Å². The minimum Gasteiger partial charge on any atom is -0.390 e. The molecule has 0 aromatic heterocycles. The van der Waals surface area contributed by atoms with E-state index in [0.29, 0.717) is 19.1 Å². The van der Waals surface area contributed by atoms with Crippen LogP contribution in [-0.4, -0.2) is 30.3 Å². The molecule has 0 aliphatic heterocycles. The van der Waals surface area contributed by atoms with Crippen LogP contribution in [0, 0.1) is 0 Å². The molecule has 2 aromatic rings. The molecule has 0 spiro atoms. The zero-order valence-corrected chi connectivity index (χ0v) is 13.7. The topological polar surface area (TPSA) is 58.3 Å². The van der Waals surface area contributed by atoms with Crippen LogP contribution in [0.15, 0.2) is 60.7 Å². The number of aliphatic hydroxyl groups excluding tert-OH is 1. The molecule has 0 heterocycles. The molecule has 0 aliphatic rings. The first-order valence-corrected chi connectivity index (χ1v) is 8.47. The maximum atomic E-state index is 9.69. The van der Waals surface area contributed by atoms with Gasteiger partial charge >= 0.3 is 0 Å². The molecule has 0 fully saturated rings. The van der Waals surface area contributed by atoms with Gasteiger partial charge in [0.15, 0.2) is 0 Å². The Bertz CT molecular complexity index is 486. The Hall–Kier alpha value is -1.68. The zero-order chi connectivity index (χ0) is 16.3. The van der Waals surface area contributed by atoms with Gasteiger partial charge < -0.3 is 16.2 Å². The molecule has 3 nitrogen and oxygen atoms in total. The van der Waals surface area contributed by atoms with Crippen molar-refractivity contribution >= 4 is 0 Å². The highest BCUT2D eigenvalue weighted by Gasteiger charge is 2.11. The van der Waals surface area contributed by atoms with Gasteiger partial charge in [0, 0.05) is 19.1 Å². The van der Waals surface area contributed by atoms with E-state index in [-0.39, 0.29) is 0 Å². The molecule has 23 heavy (non-hydrogen) atoms. The van der Waals surface area contributed by atoms with E-state index in [1.807, 2.05) is 12.1 Å². The van der Waals surface area contributed by atoms with Crippen molar-refractivity contribution in [1.29, 1.82) is 0 Å². The van der Waals surface area contributed by atoms with Crippen molar-refractivity contribution < 1.29 is 5.11 Å². The highest BCUT2D eigenvalue weighted by atomic mass is 16.3. The van der Waals surface area contributed by atoms with Crippen LogP contribution in [0.25, 0.3) is 0 Å². The molecular weight excluding hydrogens is 284 g/mol. The van der Waals surface area contributed by atoms with Gasteiger partial charge in [-0.05, 0) is 36.8 Å². The van der Waals surface area contributed by atoms with Crippen LogP contribution in [0.1, 0.15) is 24.0 Å². The summed E-state index contributed by atoms with van der Waals surface area (Å²) in [5.74, 6) is 0. The number of aliphatic hydroxyl groups is 1. The number of aryl methyl sites for hydroxylation is 2. The van der Waals surface area contributed by atoms with E-state index in [1.165, 1.54) is 11.1 Å². The Morgan fingerprint density at radius 3 is 1.74 bits per heavy atom. The number of hydrogen-bond acceptors (Lipinski definition) is 3. The van der Waals surface area contributed by atoms with Crippen LogP contribution in [0.3, 0.4) is 0 Å². The average Bonchev–Trinajstić information content (AvgIpc) is 2.62. The third kappa shape index (κ3) is 6.95. The number of nitrogens with two attached hydrogens (primary N) is 1. The Morgan fingerprint density at radius 2 is 1.30 bits per heavy atom. The molecule has 1 atom stereocenters. The molecule has 2 aromatic carbocycles. The summed E-state index contributed by atoms with van der Waals surface area (Å²) in [6.45, 7) is 0.863. The molecule has 0 amide bonds. The Kier molecular flexibility index (Phi) is 7.81. The van der Waals surface area contributed by atoms with Crippen molar-refractivity contribution in [2.24, 2.45) is 5.73 Å². The molecule has 1 unspecified atom stereocenters. The summed E-state index contributed by atoms with van der Waals surface area (Å²) in [6.07, 6.45) is 3.76. The smallest absolute Gasteiger partial charge is 0.0786 e. The van der Waals surface area contributed by atoms with Gasteiger partial charge in [-0.15, -0.1) is 0 Å². The van der Waals surface area contributed by atoms with Crippen LogP contribution >= 0.6 is 0 Å². The molecule has 124 valence electrons. The number of benzene rings is 2. The molecule has 0 saturated heterocycles. The van der Waals surface area contributed by atoms with Gasteiger partial charge in [-0.2, -0.15) is 0 Å².